The molecule has 2 heterocycles. The first-order valence-corrected chi connectivity index (χ1v) is 6.39. The molecule has 3 nitrogen and oxygen atoms in total. The van der Waals surface area contributed by atoms with Crippen molar-refractivity contribution in [3.63, 3.8) is 0 Å². The number of carbonyl (C=O) groups is 1. The minimum absolute atomic E-state index is 0.397. The van der Waals surface area contributed by atoms with Gasteiger partial charge in [0.25, 0.3) is 0 Å². The zero-order chi connectivity index (χ0) is 12.4. The lowest BCUT2D eigenvalue weighted by Gasteiger charge is -2.25. The van der Waals surface area contributed by atoms with Crippen molar-refractivity contribution < 1.29 is 4.79 Å². The zero-order valence-corrected chi connectivity index (χ0v) is 10.3. The van der Waals surface area contributed by atoms with Crippen molar-refractivity contribution in [1.82, 2.24) is 9.88 Å². The molecule has 0 unspecified atom stereocenters. The number of pyridine rings is 1. The van der Waals surface area contributed by atoms with Gasteiger partial charge in [-0.25, -0.2) is 0 Å². The van der Waals surface area contributed by atoms with E-state index in [4.69, 9.17) is 0 Å². The van der Waals surface area contributed by atoms with Crippen LogP contribution in [0.15, 0.2) is 36.5 Å². The number of rotatable bonds is 2. The molecule has 18 heavy (non-hydrogen) atoms. The van der Waals surface area contributed by atoms with E-state index in [1.165, 1.54) is 10.9 Å². The molecule has 1 aliphatic heterocycles. The Morgan fingerprint density at radius 1 is 1.17 bits per heavy atom. The third-order valence-electron chi connectivity index (χ3n) is 3.49. The molecule has 0 N–H and O–H groups in total. The highest BCUT2D eigenvalue weighted by Gasteiger charge is 2.15. The van der Waals surface area contributed by atoms with Crippen molar-refractivity contribution in [2.45, 2.75) is 19.4 Å². The first kappa shape index (κ1) is 11.4. The Kier molecular flexibility index (Phi) is 3.07. The Hall–Kier alpha value is -1.74. The maximum atomic E-state index is 11.2. The molecule has 0 amide bonds. The van der Waals surface area contributed by atoms with Crippen LogP contribution in [0.2, 0.25) is 0 Å². The van der Waals surface area contributed by atoms with Crippen molar-refractivity contribution in [1.29, 1.82) is 0 Å². The summed E-state index contributed by atoms with van der Waals surface area (Å²) in [5.41, 5.74) is 2.33. The molecular formula is C15H16N2O. The SMILES string of the molecule is O=C1CCN(Cc2ccc3ncccc3c2)CC1. The van der Waals surface area contributed by atoms with Crippen LogP contribution in [0.4, 0.5) is 0 Å². The Morgan fingerprint density at radius 3 is 2.83 bits per heavy atom. The van der Waals surface area contributed by atoms with Gasteiger partial charge in [0.05, 0.1) is 5.52 Å². The van der Waals surface area contributed by atoms with E-state index in [2.05, 4.69) is 34.1 Å². The van der Waals surface area contributed by atoms with E-state index in [0.717, 1.165) is 25.2 Å². The summed E-state index contributed by atoms with van der Waals surface area (Å²) in [6.07, 6.45) is 3.22. The van der Waals surface area contributed by atoms with Crippen LogP contribution in [-0.4, -0.2) is 28.8 Å². The Bertz CT molecular complexity index is 569. The predicted octanol–water partition coefficient (Wildman–Crippen LogP) is 2.40. The Morgan fingerprint density at radius 2 is 2.00 bits per heavy atom. The summed E-state index contributed by atoms with van der Waals surface area (Å²) >= 11 is 0. The molecule has 1 fully saturated rings. The van der Waals surface area contributed by atoms with E-state index >= 15 is 0 Å². The van der Waals surface area contributed by atoms with Gasteiger partial charge in [-0.3, -0.25) is 14.7 Å². The van der Waals surface area contributed by atoms with E-state index in [1.807, 2.05) is 12.3 Å². The largest absolute Gasteiger partial charge is 0.300 e. The number of fused-ring (bicyclic) bond motifs is 1. The molecule has 0 atom stereocenters. The molecule has 1 saturated heterocycles. The fraction of sp³-hybridized carbons (Fsp3) is 0.333. The minimum Gasteiger partial charge on any atom is -0.300 e. The predicted molar refractivity (Wildman–Crippen MR) is 71.3 cm³/mol. The summed E-state index contributed by atoms with van der Waals surface area (Å²) in [4.78, 5) is 17.9. The molecule has 1 aromatic heterocycles. The number of nitrogens with zero attached hydrogens (tertiary/aromatic N) is 2. The van der Waals surface area contributed by atoms with Crippen LogP contribution in [-0.2, 0) is 11.3 Å². The second-order valence-electron chi connectivity index (χ2n) is 4.85. The summed E-state index contributed by atoms with van der Waals surface area (Å²) < 4.78 is 0. The fourth-order valence-corrected chi connectivity index (χ4v) is 2.44. The molecule has 3 rings (SSSR count). The summed E-state index contributed by atoms with van der Waals surface area (Å²) in [5, 5.41) is 1.18. The highest BCUT2D eigenvalue weighted by atomic mass is 16.1. The number of hydrogen-bond acceptors (Lipinski definition) is 3. The lowest BCUT2D eigenvalue weighted by atomic mass is 10.1. The number of piperidine rings is 1. The van der Waals surface area contributed by atoms with Crippen molar-refractivity contribution in [2.24, 2.45) is 0 Å². The first-order chi connectivity index (χ1) is 8.81. The van der Waals surface area contributed by atoms with Gasteiger partial charge in [0.2, 0.25) is 0 Å². The van der Waals surface area contributed by atoms with Crippen molar-refractivity contribution in [3.05, 3.63) is 42.1 Å². The summed E-state index contributed by atoms with van der Waals surface area (Å²) in [5.74, 6) is 0.397. The van der Waals surface area contributed by atoms with E-state index < -0.39 is 0 Å². The number of benzene rings is 1. The highest BCUT2D eigenvalue weighted by Crippen LogP contribution is 2.16. The Balaban J connectivity index is 1.76. The van der Waals surface area contributed by atoms with Gasteiger partial charge in [0.1, 0.15) is 5.78 Å². The normalized spacial score (nSPS) is 17.2. The number of carbonyl (C=O) groups excluding carboxylic acids is 1. The van der Waals surface area contributed by atoms with Gasteiger partial charge in [-0.15, -0.1) is 0 Å². The number of likely N-dealkylation sites (tertiary alicyclic amines) is 1. The molecule has 0 aliphatic carbocycles. The van der Waals surface area contributed by atoms with Gasteiger partial charge in [0, 0.05) is 44.1 Å². The second-order valence-corrected chi connectivity index (χ2v) is 4.85. The maximum absolute atomic E-state index is 11.2. The molecule has 92 valence electrons. The van der Waals surface area contributed by atoms with Crippen LogP contribution in [0.1, 0.15) is 18.4 Å². The molecule has 0 bridgehead atoms. The summed E-state index contributed by atoms with van der Waals surface area (Å²) in [7, 11) is 0. The highest BCUT2D eigenvalue weighted by molar-refractivity contribution is 5.80. The Labute approximate surface area is 106 Å². The summed E-state index contributed by atoms with van der Waals surface area (Å²) in [6.45, 7) is 2.71. The van der Waals surface area contributed by atoms with Crippen molar-refractivity contribution in [2.75, 3.05) is 13.1 Å². The molecule has 1 aromatic carbocycles. The number of ketones is 1. The monoisotopic (exact) mass is 240 g/mol. The van der Waals surface area contributed by atoms with Gasteiger partial charge in [-0.2, -0.15) is 0 Å². The second kappa shape index (κ2) is 4.86. The number of aromatic nitrogens is 1. The van der Waals surface area contributed by atoms with Gasteiger partial charge in [-0.05, 0) is 23.8 Å². The zero-order valence-electron chi connectivity index (χ0n) is 10.3. The standard InChI is InChI=1S/C15H16N2O/c18-14-5-8-17(9-6-14)11-12-3-4-15-13(10-12)2-1-7-16-15/h1-4,7,10H,5-6,8-9,11H2. The maximum Gasteiger partial charge on any atom is 0.135 e. The van der Waals surface area contributed by atoms with Gasteiger partial charge in [0.15, 0.2) is 0 Å². The minimum atomic E-state index is 0.397. The van der Waals surface area contributed by atoms with E-state index in [1.54, 1.807) is 0 Å². The number of Topliss-reactive ketones (excluding diaryl/α,β-unsaturated/α-hetero) is 1. The molecule has 3 heteroatoms. The first-order valence-electron chi connectivity index (χ1n) is 6.39. The molecule has 0 radical (unpaired) electrons. The smallest absolute Gasteiger partial charge is 0.135 e. The average Bonchev–Trinajstić information content (AvgIpc) is 2.41. The van der Waals surface area contributed by atoms with Crippen LogP contribution in [0.3, 0.4) is 0 Å². The van der Waals surface area contributed by atoms with Crippen molar-refractivity contribution >= 4 is 16.7 Å². The molecule has 0 spiro atoms. The summed E-state index contributed by atoms with van der Waals surface area (Å²) in [6, 6.07) is 10.4. The quantitative estimate of drug-likeness (QED) is 0.808. The third kappa shape index (κ3) is 2.41. The number of hydrogen-bond donors (Lipinski definition) is 0. The average molecular weight is 240 g/mol. The topological polar surface area (TPSA) is 33.2 Å². The molecule has 2 aromatic rings. The van der Waals surface area contributed by atoms with Crippen LogP contribution >= 0.6 is 0 Å². The van der Waals surface area contributed by atoms with E-state index in [0.29, 0.717) is 18.6 Å². The van der Waals surface area contributed by atoms with Gasteiger partial charge >= 0.3 is 0 Å². The fourth-order valence-electron chi connectivity index (χ4n) is 2.44. The molecule has 0 saturated carbocycles. The van der Waals surface area contributed by atoms with E-state index in [9.17, 15) is 4.79 Å². The van der Waals surface area contributed by atoms with Gasteiger partial charge in [-0.1, -0.05) is 12.1 Å². The van der Waals surface area contributed by atoms with Crippen LogP contribution in [0, 0.1) is 0 Å². The lowest BCUT2D eigenvalue weighted by Crippen LogP contribution is -2.33. The molecular weight excluding hydrogens is 224 g/mol. The van der Waals surface area contributed by atoms with Crippen LogP contribution < -0.4 is 0 Å². The lowest BCUT2D eigenvalue weighted by molar-refractivity contribution is -0.121. The van der Waals surface area contributed by atoms with Crippen LogP contribution in [0.5, 0.6) is 0 Å². The van der Waals surface area contributed by atoms with E-state index in [-0.39, 0.29) is 0 Å². The van der Waals surface area contributed by atoms with Gasteiger partial charge < -0.3 is 0 Å². The molecule has 1 aliphatic rings. The third-order valence-corrected chi connectivity index (χ3v) is 3.49. The van der Waals surface area contributed by atoms with Crippen LogP contribution in [0.25, 0.3) is 10.9 Å². The van der Waals surface area contributed by atoms with Crippen molar-refractivity contribution in [3.8, 4) is 0 Å².